The van der Waals surface area contributed by atoms with E-state index < -0.39 is 0 Å². The number of halogens is 1. The number of carbonyl (C=O) groups excluding carboxylic acids is 1. The van der Waals surface area contributed by atoms with E-state index in [2.05, 4.69) is 15.4 Å². The summed E-state index contributed by atoms with van der Waals surface area (Å²) >= 11 is 5.89. The van der Waals surface area contributed by atoms with Crippen LogP contribution in [0.25, 0.3) is 11.3 Å². The first kappa shape index (κ1) is 16.9. The number of rotatable bonds is 5. The van der Waals surface area contributed by atoms with Crippen molar-refractivity contribution in [3.05, 3.63) is 81.9 Å². The van der Waals surface area contributed by atoms with Gasteiger partial charge in [-0.25, -0.2) is 9.67 Å². The molecule has 1 aromatic carbocycles. The fraction of sp³-hybridized carbons (Fsp3) is 0.111. The van der Waals surface area contributed by atoms with Gasteiger partial charge in [0.25, 0.3) is 11.5 Å². The van der Waals surface area contributed by atoms with Crippen LogP contribution < -0.4 is 10.9 Å². The standard InChI is InChI=1S/C18H15ClN4O2/c19-17-14(7-4-10-20-17)18(25)21-11-12-23-16(24)9-8-15(22-23)13-5-2-1-3-6-13/h1-10H,11-12H2,(H,21,25). The molecular weight excluding hydrogens is 340 g/mol. The number of hydrogen-bond acceptors (Lipinski definition) is 4. The van der Waals surface area contributed by atoms with Crippen molar-refractivity contribution in [2.75, 3.05) is 6.54 Å². The molecule has 126 valence electrons. The molecule has 1 N–H and O–H groups in total. The summed E-state index contributed by atoms with van der Waals surface area (Å²) in [7, 11) is 0. The van der Waals surface area contributed by atoms with Gasteiger partial charge < -0.3 is 5.32 Å². The highest BCUT2D eigenvalue weighted by atomic mass is 35.5. The molecule has 6 nitrogen and oxygen atoms in total. The van der Waals surface area contributed by atoms with Crippen LogP contribution >= 0.6 is 11.6 Å². The van der Waals surface area contributed by atoms with Crippen molar-refractivity contribution in [1.82, 2.24) is 20.1 Å². The summed E-state index contributed by atoms with van der Waals surface area (Å²) in [4.78, 5) is 27.9. The van der Waals surface area contributed by atoms with Crippen molar-refractivity contribution >= 4 is 17.5 Å². The fourth-order valence-corrected chi connectivity index (χ4v) is 2.50. The van der Waals surface area contributed by atoms with Gasteiger partial charge in [0.1, 0.15) is 5.15 Å². The van der Waals surface area contributed by atoms with Crippen LogP contribution in [0.3, 0.4) is 0 Å². The van der Waals surface area contributed by atoms with Crippen LogP contribution in [0.5, 0.6) is 0 Å². The molecular formula is C18H15ClN4O2. The third-order valence-electron chi connectivity index (χ3n) is 3.55. The van der Waals surface area contributed by atoms with Crippen LogP contribution in [-0.2, 0) is 6.54 Å². The summed E-state index contributed by atoms with van der Waals surface area (Å²) in [5.74, 6) is -0.342. The van der Waals surface area contributed by atoms with Crippen LogP contribution in [0, 0.1) is 0 Å². The minimum absolute atomic E-state index is 0.140. The lowest BCUT2D eigenvalue weighted by molar-refractivity contribution is 0.0951. The summed E-state index contributed by atoms with van der Waals surface area (Å²) in [6, 6.07) is 15.9. The Morgan fingerprint density at radius 1 is 1.08 bits per heavy atom. The van der Waals surface area contributed by atoms with E-state index in [0.717, 1.165) is 5.56 Å². The molecule has 0 aliphatic carbocycles. The van der Waals surface area contributed by atoms with Gasteiger partial charge in [-0.15, -0.1) is 0 Å². The number of nitrogens with zero attached hydrogens (tertiary/aromatic N) is 3. The maximum absolute atomic E-state index is 12.1. The van der Waals surface area contributed by atoms with Gasteiger partial charge in [-0.05, 0) is 18.2 Å². The number of carbonyl (C=O) groups is 1. The summed E-state index contributed by atoms with van der Waals surface area (Å²) in [6.45, 7) is 0.498. The molecule has 25 heavy (non-hydrogen) atoms. The van der Waals surface area contributed by atoms with E-state index in [9.17, 15) is 9.59 Å². The van der Waals surface area contributed by atoms with Gasteiger partial charge in [-0.2, -0.15) is 5.10 Å². The number of benzene rings is 1. The van der Waals surface area contributed by atoms with Crippen molar-refractivity contribution in [2.24, 2.45) is 0 Å². The number of nitrogens with one attached hydrogen (secondary N) is 1. The zero-order valence-electron chi connectivity index (χ0n) is 13.2. The molecule has 0 spiro atoms. The molecule has 0 radical (unpaired) electrons. The van der Waals surface area contributed by atoms with Crippen LogP contribution in [0.15, 0.2) is 65.6 Å². The maximum Gasteiger partial charge on any atom is 0.266 e. The van der Waals surface area contributed by atoms with Gasteiger partial charge in [0, 0.05) is 24.4 Å². The Labute approximate surface area is 149 Å². The van der Waals surface area contributed by atoms with E-state index in [1.807, 2.05) is 30.3 Å². The molecule has 0 unspecified atom stereocenters. The molecule has 2 heterocycles. The second kappa shape index (κ2) is 7.72. The quantitative estimate of drug-likeness (QED) is 0.714. The molecule has 0 aliphatic rings. The molecule has 3 rings (SSSR count). The van der Waals surface area contributed by atoms with Crippen LogP contribution in [0.1, 0.15) is 10.4 Å². The Hall–Kier alpha value is -2.99. The van der Waals surface area contributed by atoms with Gasteiger partial charge in [0.05, 0.1) is 17.8 Å². The van der Waals surface area contributed by atoms with E-state index >= 15 is 0 Å². The number of hydrogen-bond donors (Lipinski definition) is 1. The Morgan fingerprint density at radius 3 is 2.64 bits per heavy atom. The summed E-state index contributed by atoms with van der Waals surface area (Å²) in [6.07, 6.45) is 1.51. The largest absolute Gasteiger partial charge is 0.350 e. The fourth-order valence-electron chi connectivity index (χ4n) is 2.30. The predicted molar refractivity (Wildman–Crippen MR) is 95.5 cm³/mol. The molecule has 0 fully saturated rings. The second-order valence-electron chi connectivity index (χ2n) is 5.24. The van der Waals surface area contributed by atoms with Gasteiger partial charge in [-0.3, -0.25) is 9.59 Å². The highest BCUT2D eigenvalue weighted by molar-refractivity contribution is 6.32. The minimum Gasteiger partial charge on any atom is -0.350 e. The van der Waals surface area contributed by atoms with Crippen LogP contribution in [-0.4, -0.2) is 27.2 Å². The molecule has 0 bridgehead atoms. The second-order valence-corrected chi connectivity index (χ2v) is 5.60. The van der Waals surface area contributed by atoms with E-state index in [0.29, 0.717) is 11.3 Å². The van der Waals surface area contributed by atoms with Gasteiger partial charge in [0.15, 0.2) is 0 Å². The van der Waals surface area contributed by atoms with E-state index in [1.54, 1.807) is 18.2 Å². The molecule has 3 aromatic rings. The highest BCUT2D eigenvalue weighted by Gasteiger charge is 2.10. The smallest absolute Gasteiger partial charge is 0.266 e. The Morgan fingerprint density at radius 2 is 1.88 bits per heavy atom. The average molecular weight is 355 g/mol. The topological polar surface area (TPSA) is 76.9 Å². The molecule has 0 saturated carbocycles. The normalized spacial score (nSPS) is 10.4. The summed E-state index contributed by atoms with van der Waals surface area (Å²) < 4.78 is 1.33. The van der Waals surface area contributed by atoms with Gasteiger partial charge in [-0.1, -0.05) is 41.9 Å². The molecule has 0 atom stereocenters. The molecule has 0 aliphatic heterocycles. The van der Waals surface area contributed by atoms with E-state index in [-0.39, 0.29) is 29.7 Å². The monoisotopic (exact) mass is 354 g/mol. The van der Waals surface area contributed by atoms with E-state index in [4.69, 9.17) is 11.6 Å². The third kappa shape index (κ3) is 4.10. The molecule has 7 heteroatoms. The SMILES string of the molecule is O=C(NCCn1nc(-c2ccccc2)ccc1=O)c1cccnc1Cl. The lowest BCUT2D eigenvalue weighted by Crippen LogP contribution is -2.32. The van der Waals surface area contributed by atoms with Crippen LogP contribution in [0.2, 0.25) is 5.15 Å². The molecule has 1 amide bonds. The molecule has 0 saturated heterocycles. The van der Waals surface area contributed by atoms with Crippen molar-refractivity contribution in [3.8, 4) is 11.3 Å². The first-order valence-corrected chi connectivity index (χ1v) is 8.05. The third-order valence-corrected chi connectivity index (χ3v) is 3.85. The highest BCUT2D eigenvalue weighted by Crippen LogP contribution is 2.14. The number of pyridine rings is 1. The first-order chi connectivity index (χ1) is 12.1. The summed E-state index contributed by atoms with van der Waals surface area (Å²) in [5.41, 5.74) is 1.68. The summed E-state index contributed by atoms with van der Waals surface area (Å²) in [5, 5.41) is 7.20. The van der Waals surface area contributed by atoms with Gasteiger partial charge >= 0.3 is 0 Å². The number of aromatic nitrogens is 3. The lowest BCUT2D eigenvalue weighted by Gasteiger charge is -2.09. The average Bonchev–Trinajstić information content (AvgIpc) is 2.64. The predicted octanol–water partition coefficient (Wildman–Crippen LogP) is 2.39. The zero-order chi connectivity index (χ0) is 17.6. The zero-order valence-corrected chi connectivity index (χ0v) is 14.0. The Balaban J connectivity index is 1.68. The van der Waals surface area contributed by atoms with Gasteiger partial charge in [0.2, 0.25) is 0 Å². The van der Waals surface area contributed by atoms with Crippen molar-refractivity contribution in [3.63, 3.8) is 0 Å². The van der Waals surface area contributed by atoms with Crippen LogP contribution in [0.4, 0.5) is 0 Å². The van der Waals surface area contributed by atoms with Crippen molar-refractivity contribution in [1.29, 1.82) is 0 Å². The maximum atomic E-state index is 12.1. The first-order valence-electron chi connectivity index (χ1n) is 7.67. The lowest BCUT2D eigenvalue weighted by atomic mass is 10.1. The minimum atomic E-state index is -0.342. The van der Waals surface area contributed by atoms with Crippen molar-refractivity contribution in [2.45, 2.75) is 6.54 Å². The number of amides is 1. The molecule has 2 aromatic heterocycles. The Kier molecular flexibility index (Phi) is 5.20. The van der Waals surface area contributed by atoms with Crippen molar-refractivity contribution < 1.29 is 4.79 Å². The van der Waals surface area contributed by atoms with E-state index in [1.165, 1.54) is 16.9 Å². The Bertz CT molecular complexity index is 941.